The smallest absolute Gasteiger partial charge is 0.0681 e. The van der Waals surface area contributed by atoms with Gasteiger partial charge in [-0.15, -0.1) is 11.3 Å². The van der Waals surface area contributed by atoms with Crippen LogP contribution in [-0.4, -0.2) is 5.11 Å². The van der Waals surface area contributed by atoms with E-state index in [2.05, 4.69) is 28.9 Å². The van der Waals surface area contributed by atoms with Crippen LogP contribution in [0.25, 0.3) is 0 Å². The molecule has 1 aromatic carbocycles. The van der Waals surface area contributed by atoms with Gasteiger partial charge in [-0.25, -0.2) is 0 Å². The Morgan fingerprint density at radius 3 is 2.69 bits per heavy atom. The Hall–Kier alpha value is -1.16. The van der Waals surface area contributed by atoms with Crippen LogP contribution in [0, 0.1) is 0 Å². The molecule has 0 unspecified atom stereocenters. The molecule has 3 heteroatoms. The molecule has 0 saturated carbocycles. The third-order valence-electron chi connectivity index (χ3n) is 2.38. The van der Waals surface area contributed by atoms with E-state index in [9.17, 15) is 0 Å². The predicted molar refractivity (Wildman–Crippen MR) is 67.2 cm³/mol. The maximum absolute atomic E-state index is 9.02. The average Bonchev–Trinajstić information content (AvgIpc) is 2.82. The molecule has 0 fully saturated rings. The zero-order chi connectivity index (χ0) is 11.2. The molecule has 2 nitrogen and oxygen atoms in total. The molecule has 16 heavy (non-hydrogen) atoms. The van der Waals surface area contributed by atoms with Gasteiger partial charge in [0.25, 0.3) is 0 Å². The molecule has 1 heterocycles. The largest absolute Gasteiger partial charge is 0.392 e. The van der Waals surface area contributed by atoms with Gasteiger partial charge in [0.2, 0.25) is 0 Å². The van der Waals surface area contributed by atoms with Gasteiger partial charge in [-0.2, -0.15) is 0 Å². The van der Waals surface area contributed by atoms with Crippen molar-refractivity contribution < 1.29 is 5.11 Å². The number of rotatable bonds is 5. The second-order valence-electron chi connectivity index (χ2n) is 3.66. The first-order chi connectivity index (χ1) is 7.88. The van der Waals surface area contributed by atoms with Crippen LogP contribution < -0.4 is 5.32 Å². The third kappa shape index (κ3) is 3.17. The highest BCUT2D eigenvalue weighted by Crippen LogP contribution is 2.09. The van der Waals surface area contributed by atoms with Gasteiger partial charge >= 0.3 is 0 Å². The number of aliphatic hydroxyl groups excluding tert-OH is 1. The molecule has 0 spiro atoms. The van der Waals surface area contributed by atoms with Gasteiger partial charge in [-0.1, -0.05) is 30.3 Å². The Labute approximate surface area is 99.6 Å². The summed E-state index contributed by atoms with van der Waals surface area (Å²) in [7, 11) is 0. The summed E-state index contributed by atoms with van der Waals surface area (Å²) in [6.45, 7) is 1.85. The highest BCUT2D eigenvalue weighted by molar-refractivity contribution is 7.09. The summed E-state index contributed by atoms with van der Waals surface area (Å²) >= 11 is 1.76. The lowest BCUT2D eigenvalue weighted by atomic mass is 10.1. The second-order valence-corrected chi connectivity index (χ2v) is 4.69. The van der Waals surface area contributed by atoms with E-state index in [1.165, 1.54) is 10.4 Å². The Bertz CT molecular complexity index is 425. The van der Waals surface area contributed by atoms with E-state index in [0.717, 1.165) is 18.7 Å². The summed E-state index contributed by atoms with van der Waals surface area (Å²) in [4.78, 5) is 1.35. The normalized spacial score (nSPS) is 10.6. The molecule has 2 N–H and O–H groups in total. The SMILES string of the molecule is OCc1cccc(CNCc2cccs2)c1. The highest BCUT2D eigenvalue weighted by Gasteiger charge is 1.96. The summed E-state index contributed by atoms with van der Waals surface area (Å²) in [5.41, 5.74) is 2.18. The molecule has 0 bridgehead atoms. The van der Waals surface area contributed by atoms with Crippen LogP contribution >= 0.6 is 11.3 Å². The Morgan fingerprint density at radius 1 is 1.06 bits per heavy atom. The van der Waals surface area contributed by atoms with Crippen molar-refractivity contribution in [1.29, 1.82) is 0 Å². The minimum atomic E-state index is 0.110. The maximum Gasteiger partial charge on any atom is 0.0681 e. The topological polar surface area (TPSA) is 32.3 Å². The van der Waals surface area contributed by atoms with Gasteiger partial charge in [-0.05, 0) is 22.6 Å². The van der Waals surface area contributed by atoms with Gasteiger partial charge in [0, 0.05) is 18.0 Å². The Morgan fingerprint density at radius 2 is 1.94 bits per heavy atom. The minimum absolute atomic E-state index is 0.110. The van der Waals surface area contributed by atoms with Crippen LogP contribution in [0.3, 0.4) is 0 Å². The quantitative estimate of drug-likeness (QED) is 0.831. The zero-order valence-electron chi connectivity index (χ0n) is 9.02. The van der Waals surface area contributed by atoms with Gasteiger partial charge in [0.1, 0.15) is 0 Å². The number of aliphatic hydroxyl groups is 1. The highest BCUT2D eigenvalue weighted by atomic mass is 32.1. The summed E-state index contributed by atoms with van der Waals surface area (Å²) in [6, 6.07) is 12.2. The second kappa shape index (κ2) is 5.80. The van der Waals surface area contributed by atoms with Crippen LogP contribution in [0.5, 0.6) is 0 Å². The number of hydrogen-bond donors (Lipinski definition) is 2. The number of benzene rings is 1. The summed E-state index contributed by atoms with van der Waals surface area (Å²) < 4.78 is 0. The predicted octanol–water partition coefficient (Wildman–Crippen LogP) is 2.53. The molecule has 0 aliphatic heterocycles. The molecular weight excluding hydrogens is 218 g/mol. The molecule has 0 amide bonds. The Kier molecular flexibility index (Phi) is 4.10. The molecular formula is C13H15NOS. The third-order valence-corrected chi connectivity index (χ3v) is 3.26. The Balaban J connectivity index is 1.85. The lowest BCUT2D eigenvalue weighted by Crippen LogP contribution is -2.11. The van der Waals surface area contributed by atoms with Crippen LogP contribution in [0.2, 0.25) is 0 Å². The van der Waals surface area contributed by atoms with Gasteiger partial charge in [0.15, 0.2) is 0 Å². The number of nitrogens with one attached hydrogen (secondary N) is 1. The molecule has 0 atom stereocenters. The molecule has 2 aromatic rings. The van der Waals surface area contributed by atoms with E-state index in [1.54, 1.807) is 11.3 Å². The minimum Gasteiger partial charge on any atom is -0.392 e. The maximum atomic E-state index is 9.02. The first-order valence-electron chi connectivity index (χ1n) is 5.30. The molecule has 1 aromatic heterocycles. The molecule has 0 saturated heterocycles. The fourth-order valence-corrected chi connectivity index (χ4v) is 2.26. The number of thiophene rings is 1. The van der Waals surface area contributed by atoms with Crippen LogP contribution in [0.4, 0.5) is 0 Å². The lowest BCUT2D eigenvalue weighted by molar-refractivity contribution is 0.281. The summed E-state index contributed by atoms with van der Waals surface area (Å²) in [5.74, 6) is 0. The van der Waals surface area contributed by atoms with E-state index in [-0.39, 0.29) is 6.61 Å². The van der Waals surface area contributed by atoms with Crippen molar-refractivity contribution in [2.24, 2.45) is 0 Å². The van der Waals surface area contributed by atoms with Crippen molar-refractivity contribution in [3.05, 3.63) is 57.8 Å². The van der Waals surface area contributed by atoms with Crippen molar-refractivity contribution >= 4 is 11.3 Å². The van der Waals surface area contributed by atoms with Crippen LogP contribution in [0.1, 0.15) is 16.0 Å². The van der Waals surface area contributed by atoms with Crippen molar-refractivity contribution in [3.8, 4) is 0 Å². The van der Waals surface area contributed by atoms with Crippen LogP contribution in [0.15, 0.2) is 41.8 Å². The fourth-order valence-electron chi connectivity index (χ4n) is 1.58. The van der Waals surface area contributed by atoms with Crippen molar-refractivity contribution in [1.82, 2.24) is 5.32 Å². The fraction of sp³-hybridized carbons (Fsp3) is 0.231. The molecule has 0 aliphatic rings. The molecule has 2 rings (SSSR count). The van der Waals surface area contributed by atoms with E-state index in [1.807, 2.05) is 18.2 Å². The molecule has 0 radical (unpaired) electrons. The van der Waals surface area contributed by atoms with Crippen molar-refractivity contribution in [2.75, 3.05) is 0 Å². The zero-order valence-corrected chi connectivity index (χ0v) is 9.83. The first-order valence-corrected chi connectivity index (χ1v) is 6.18. The molecule has 0 aliphatic carbocycles. The average molecular weight is 233 g/mol. The molecule has 84 valence electrons. The van der Waals surface area contributed by atoms with E-state index < -0.39 is 0 Å². The van der Waals surface area contributed by atoms with E-state index in [0.29, 0.717) is 0 Å². The standard InChI is InChI=1S/C13H15NOS/c15-10-12-4-1-3-11(7-12)8-14-9-13-5-2-6-16-13/h1-7,14-15H,8-10H2. The van der Waals surface area contributed by atoms with Gasteiger partial charge in [0.05, 0.1) is 6.61 Å². The van der Waals surface area contributed by atoms with E-state index in [4.69, 9.17) is 5.11 Å². The van der Waals surface area contributed by atoms with Gasteiger partial charge < -0.3 is 10.4 Å². The van der Waals surface area contributed by atoms with Gasteiger partial charge in [-0.3, -0.25) is 0 Å². The van der Waals surface area contributed by atoms with Crippen molar-refractivity contribution in [3.63, 3.8) is 0 Å². The first kappa shape index (κ1) is 11.3. The van der Waals surface area contributed by atoms with Crippen molar-refractivity contribution in [2.45, 2.75) is 19.7 Å². The summed E-state index contributed by atoms with van der Waals surface area (Å²) in [5, 5.41) is 14.5. The summed E-state index contributed by atoms with van der Waals surface area (Å²) in [6.07, 6.45) is 0. The lowest BCUT2D eigenvalue weighted by Gasteiger charge is -2.05. The van der Waals surface area contributed by atoms with E-state index >= 15 is 0 Å². The number of hydrogen-bond acceptors (Lipinski definition) is 3. The van der Waals surface area contributed by atoms with Crippen LogP contribution in [-0.2, 0) is 19.7 Å². The monoisotopic (exact) mass is 233 g/mol.